The van der Waals surface area contributed by atoms with Gasteiger partial charge in [-0.1, -0.05) is 10.6 Å². The van der Waals surface area contributed by atoms with Crippen molar-refractivity contribution < 1.29 is 14.3 Å². The number of rotatable bonds is 7. The molecule has 2 heterocycles. The van der Waals surface area contributed by atoms with E-state index >= 15 is 0 Å². The second-order valence-electron chi connectivity index (χ2n) is 6.34. The lowest BCUT2D eigenvalue weighted by molar-refractivity contribution is 0.102. The number of anilines is 1. The second kappa shape index (κ2) is 8.27. The van der Waals surface area contributed by atoms with Gasteiger partial charge in [0.2, 0.25) is 0 Å². The molecule has 0 aliphatic heterocycles. The summed E-state index contributed by atoms with van der Waals surface area (Å²) in [6.45, 7) is 0.668. The van der Waals surface area contributed by atoms with Crippen molar-refractivity contribution in [3.05, 3.63) is 59.9 Å². The third kappa shape index (κ3) is 4.19. The molecule has 1 amide bonds. The van der Waals surface area contributed by atoms with Crippen LogP contribution in [0.1, 0.15) is 15.9 Å². The van der Waals surface area contributed by atoms with Gasteiger partial charge in [-0.05, 0) is 53.8 Å². The summed E-state index contributed by atoms with van der Waals surface area (Å²) in [7, 11) is 3.23. The summed E-state index contributed by atoms with van der Waals surface area (Å²) in [5.74, 6) is 1.19. The molecule has 148 valence electrons. The van der Waals surface area contributed by atoms with Crippen molar-refractivity contribution in [1.82, 2.24) is 19.4 Å². The van der Waals surface area contributed by atoms with Crippen LogP contribution in [0.3, 0.4) is 0 Å². The van der Waals surface area contributed by atoms with Gasteiger partial charge in [-0.2, -0.15) is 5.10 Å². The molecule has 0 fully saturated rings. The first kappa shape index (κ1) is 18.9. The first-order valence-electron chi connectivity index (χ1n) is 8.93. The molecular formula is C20H19N5O3S. The average molecular weight is 409 g/mol. The minimum atomic E-state index is -0.209. The molecule has 4 aromatic rings. The Morgan fingerprint density at radius 2 is 2.00 bits per heavy atom. The van der Waals surface area contributed by atoms with E-state index in [1.165, 1.54) is 11.5 Å². The summed E-state index contributed by atoms with van der Waals surface area (Å²) in [4.78, 5) is 12.5. The Hall–Kier alpha value is -3.46. The lowest BCUT2D eigenvalue weighted by atomic mass is 10.1. The molecular weight excluding hydrogens is 390 g/mol. The summed E-state index contributed by atoms with van der Waals surface area (Å²) in [5, 5.41) is 11.2. The predicted octanol–water partition coefficient (Wildman–Crippen LogP) is 3.40. The van der Waals surface area contributed by atoms with Crippen LogP contribution in [0.15, 0.2) is 48.8 Å². The minimum absolute atomic E-state index is 0.209. The molecule has 0 bridgehead atoms. The van der Waals surface area contributed by atoms with Gasteiger partial charge >= 0.3 is 0 Å². The van der Waals surface area contributed by atoms with E-state index in [-0.39, 0.29) is 5.91 Å². The van der Waals surface area contributed by atoms with Gasteiger partial charge in [0.05, 0.1) is 30.8 Å². The molecule has 0 aliphatic rings. The highest BCUT2D eigenvalue weighted by Gasteiger charge is 2.10. The largest absolute Gasteiger partial charge is 0.493 e. The average Bonchev–Trinajstić information content (AvgIpc) is 3.40. The van der Waals surface area contributed by atoms with Gasteiger partial charge in [0.15, 0.2) is 11.5 Å². The topological polar surface area (TPSA) is 91.2 Å². The number of ether oxygens (including phenoxy) is 2. The van der Waals surface area contributed by atoms with Crippen molar-refractivity contribution in [1.29, 1.82) is 0 Å². The fourth-order valence-electron chi connectivity index (χ4n) is 2.96. The SMILES string of the molecule is COc1ccc(CCn2cc(NC(=O)c3ccc4snnc4c3)cn2)cc1OC. The number of carbonyl (C=O) groups excluding carboxylic acids is 1. The second-order valence-corrected chi connectivity index (χ2v) is 7.13. The van der Waals surface area contributed by atoms with Crippen LogP contribution in [0.4, 0.5) is 5.69 Å². The number of hydrogen-bond acceptors (Lipinski definition) is 7. The molecule has 0 unspecified atom stereocenters. The van der Waals surface area contributed by atoms with E-state index in [4.69, 9.17) is 9.47 Å². The summed E-state index contributed by atoms with van der Waals surface area (Å²) < 4.78 is 17.2. The fraction of sp³-hybridized carbons (Fsp3) is 0.200. The Kier molecular flexibility index (Phi) is 5.39. The van der Waals surface area contributed by atoms with Gasteiger partial charge in [-0.25, -0.2) is 0 Å². The highest BCUT2D eigenvalue weighted by molar-refractivity contribution is 7.12. The van der Waals surface area contributed by atoms with Crippen molar-refractivity contribution in [2.45, 2.75) is 13.0 Å². The maximum atomic E-state index is 12.5. The van der Waals surface area contributed by atoms with Gasteiger partial charge in [-0.3, -0.25) is 9.48 Å². The minimum Gasteiger partial charge on any atom is -0.493 e. The van der Waals surface area contributed by atoms with Gasteiger partial charge in [0.1, 0.15) is 5.52 Å². The summed E-state index contributed by atoms with van der Waals surface area (Å²) in [5.41, 5.74) is 2.99. The zero-order chi connectivity index (χ0) is 20.2. The number of carbonyl (C=O) groups is 1. The normalized spacial score (nSPS) is 10.8. The van der Waals surface area contributed by atoms with Gasteiger partial charge in [-0.15, -0.1) is 5.10 Å². The highest BCUT2D eigenvalue weighted by Crippen LogP contribution is 2.27. The van der Waals surface area contributed by atoms with Crippen LogP contribution in [0, 0.1) is 0 Å². The summed E-state index contributed by atoms with van der Waals surface area (Å²) >= 11 is 1.30. The Morgan fingerprint density at radius 3 is 2.83 bits per heavy atom. The van der Waals surface area contributed by atoms with Crippen LogP contribution in [-0.4, -0.2) is 39.5 Å². The first-order valence-corrected chi connectivity index (χ1v) is 9.70. The molecule has 29 heavy (non-hydrogen) atoms. The summed E-state index contributed by atoms with van der Waals surface area (Å²) in [6.07, 6.45) is 4.21. The molecule has 9 heteroatoms. The number of amides is 1. The Labute approximate surface area is 171 Å². The van der Waals surface area contributed by atoms with Crippen LogP contribution < -0.4 is 14.8 Å². The van der Waals surface area contributed by atoms with Crippen molar-refractivity contribution in [2.75, 3.05) is 19.5 Å². The standard InChI is InChI=1S/C20H19N5O3S/c1-27-17-5-3-13(9-18(17)28-2)7-8-25-12-15(11-21-25)22-20(26)14-4-6-19-16(10-14)23-24-29-19/h3-6,9-12H,7-8H2,1-2H3,(H,22,26). The lowest BCUT2D eigenvalue weighted by Crippen LogP contribution is -2.11. The maximum Gasteiger partial charge on any atom is 0.255 e. The van der Waals surface area contributed by atoms with E-state index in [9.17, 15) is 4.79 Å². The number of methoxy groups -OCH3 is 2. The van der Waals surface area contributed by atoms with Crippen LogP contribution in [-0.2, 0) is 13.0 Å². The fourth-order valence-corrected chi connectivity index (χ4v) is 3.49. The molecule has 1 N–H and O–H groups in total. The third-order valence-corrected chi connectivity index (χ3v) is 5.18. The van der Waals surface area contributed by atoms with Crippen molar-refractivity contribution in [3.8, 4) is 11.5 Å². The molecule has 2 aromatic carbocycles. The van der Waals surface area contributed by atoms with Crippen LogP contribution in [0.2, 0.25) is 0 Å². The quantitative estimate of drug-likeness (QED) is 0.503. The van der Waals surface area contributed by atoms with E-state index in [0.29, 0.717) is 34.8 Å². The number of nitrogens with zero attached hydrogens (tertiary/aromatic N) is 4. The van der Waals surface area contributed by atoms with Crippen molar-refractivity contribution >= 4 is 33.3 Å². The van der Waals surface area contributed by atoms with Crippen molar-refractivity contribution in [3.63, 3.8) is 0 Å². The molecule has 0 radical (unpaired) electrons. The van der Waals surface area contributed by atoms with Gasteiger partial charge in [0.25, 0.3) is 5.91 Å². The van der Waals surface area contributed by atoms with Crippen molar-refractivity contribution in [2.24, 2.45) is 0 Å². The number of aromatic nitrogens is 4. The predicted molar refractivity (Wildman–Crippen MR) is 111 cm³/mol. The van der Waals surface area contributed by atoms with E-state index in [2.05, 4.69) is 20.0 Å². The molecule has 0 aliphatic carbocycles. The molecule has 0 atom stereocenters. The molecule has 2 aromatic heterocycles. The number of aryl methyl sites for hydroxylation is 2. The number of hydrogen-bond donors (Lipinski definition) is 1. The molecule has 0 saturated carbocycles. The number of fused-ring (bicyclic) bond motifs is 1. The smallest absolute Gasteiger partial charge is 0.255 e. The summed E-state index contributed by atoms with van der Waals surface area (Å²) in [6, 6.07) is 11.2. The Balaban J connectivity index is 1.38. The van der Waals surface area contributed by atoms with Crippen LogP contribution >= 0.6 is 11.5 Å². The number of nitrogens with one attached hydrogen (secondary N) is 1. The molecule has 0 spiro atoms. The molecule has 0 saturated heterocycles. The monoisotopic (exact) mass is 409 g/mol. The maximum absolute atomic E-state index is 12.5. The van der Waals surface area contributed by atoms with Crippen LogP contribution in [0.25, 0.3) is 10.2 Å². The zero-order valence-electron chi connectivity index (χ0n) is 16.0. The number of benzene rings is 2. The zero-order valence-corrected chi connectivity index (χ0v) is 16.8. The van der Waals surface area contributed by atoms with E-state index < -0.39 is 0 Å². The third-order valence-electron chi connectivity index (χ3n) is 4.48. The first-order chi connectivity index (χ1) is 14.2. The Morgan fingerprint density at radius 1 is 1.14 bits per heavy atom. The van der Waals surface area contributed by atoms with Gasteiger partial charge < -0.3 is 14.8 Å². The molecule has 4 rings (SSSR count). The van der Waals surface area contributed by atoms with Crippen LogP contribution in [0.5, 0.6) is 11.5 Å². The van der Waals surface area contributed by atoms with E-state index in [1.807, 2.05) is 30.5 Å². The molecule has 8 nitrogen and oxygen atoms in total. The highest BCUT2D eigenvalue weighted by atomic mass is 32.1. The Bertz CT molecular complexity index is 1150. The van der Waals surface area contributed by atoms with E-state index in [1.54, 1.807) is 37.2 Å². The van der Waals surface area contributed by atoms with Gasteiger partial charge in [0, 0.05) is 18.3 Å². The van der Waals surface area contributed by atoms with E-state index in [0.717, 1.165) is 16.7 Å². The lowest BCUT2D eigenvalue weighted by Gasteiger charge is -2.09.